The van der Waals surface area contributed by atoms with E-state index in [0.717, 1.165) is 22.9 Å². The number of nitrogens with one attached hydrogen (secondary N) is 1. The van der Waals surface area contributed by atoms with Crippen LogP contribution in [-0.2, 0) is 16.6 Å². The van der Waals surface area contributed by atoms with Gasteiger partial charge in [-0.15, -0.1) is 0 Å². The minimum atomic E-state index is -3.66. The number of nitrogens with zero attached hydrogens (tertiary/aromatic N) is 1. The summed E-state index contributed by atoms with van der Waals surface area (Å²) < 4.78 is 26.5. The molecule has 4 rings (SSSR count). The van der Waals surface area contributed by atoms with E-state index >= 15 is 0 Å². The van der Waals surface area contributed by atoms with E-state index in [0.29, 0.717) is 26.9 Å². The third-order valence-electron chi connectivity index (χ3n) is 6.09. The standard InChI is InChI=1S/C29H26Cl2N2O3S/c1-20-9-6-7-12-24(20)28(21-10-4-3-5-11-21)32-29(34)22-15-17-23(18-16-22)33(37(2,35)36)19-25-26(30)13-8-14-27(25)31/h3-18,28H,19H2,1-2H3,(H,32,34). The van der Waals surface area contributed by atoms with Crippen molar-refractivity contribution >= 4 is 44.8 Å². The van der Waals surface area contributed by atoms with Gasteiger partial charge in [-0.05, 0) is 60.0 Å². The van der Waals surface area contributed by atoms with Gasteiger partial charge in [-0.1, -0.05) is 83.9 Å². The molecule has 0 spiro atoms. The van der Waals surface area contributed by atoms with E-state index in [1.807, 2.05) is 61.5 Å². The Morgan fingerprint density at radius 3 is 2.03 bits per heavy atom. The van der Waals surface area contributed by atoms with Gasteiger partial charge in [0.2, 0.25) is 10.0 Å². The van der Waals surface area contributed by atoms with Crippen molar-refractivity contribution in [3.05, 3.63) is 135 Å². The Bertz CT molecular complexity index is 1490. The van der Waals surface area contributed by atoms with Crippen LogP contribution >= 0.6 is 23.2 Å². The van der Waals surface area contributed by atoms with Crippen molar-refractivity contribution in [3.63, 3.8) is 0 Å². The van der Waals surface area contributed by atoms with Gasteiger partial charge < -0.3 is 5.32 Å². The zero-order chi connectivity index (χ0) is 26.6. The second-order valence-corrected chi connectivity index (χ2v) is 11.4. The number of sulfonamides is 1. The maximum atomic E-state index is 13.3. The first-order valence-electron chi connectivity index (χ1n) is 11.6. The van der Waals surface area contributed by atoms with Crippen LogP contribution in [0.5, 0.6) is 0 Å². The van der Waals surface area contributed by atoms with Crippen LogP contribution in [-0.4, -0.2) is 20.6 Å². The zero-order valence-electron chi connectivity index (χ0n) is 20.4. The third kappa shape index (κ3) is 6.34. The molecule has 0 aliphatic carbocycles. The summed E-state index contributed by atoms with van der Waals surface area (Å²) in [5, 5.41) is 3.89. The Kier molecular flexibility index (Phi) is 8.22. The fraction of sp³-hybridized carbons (Fsp3) is 0.138. The largest absolute Gasteiger partial charge is 0.341 e. The minimum absolute atomic E-state index is 0.0355. The average molecular weight is 554 g/mol. The number of halogens is 2. The summed E-state index contributed by atoms with van der Waals surface area (Å²) in [6, 6.07) is 28.8. The third-order valence-corrected chi connectivity index (χ3v) is 7.94. The average Bonchev–Trinajstić information content (AvgIpc) is 2.87. The number of hydrogen-bond acceptors (Lipinski definition) is 3. The highest BCUT2D eigenvalue weighted by molar-refractivity contribution is 7.92. The molecule has 0 heterocycles. The van der Waals surface area contributed by atoms with E-state index in [1.165, 1.54) is 4.31 Å². The number of hydrogen-bond donors (Lipinski definition) is 1. The van der Waals surface area contributed by atoms with Crippen molar-refractivity contribution in [2.45, 2.75) is 19.5 Å². The normalized spacial score (nSPS) is 12.1. The Labute approximate surface area is 227 Å². The molecule has 1 unspecified atom stereocenters. The first-order valence-corrected chi connectivity index (χ1v) is 14.2. The summed E-state index contributed by atoms with van der Waals surface area (Å²) in [6.07, 6.45) is 1.12. The van der Waals surface area contributed by atoms with Crippen molar-refractivity contribution in [1.29, 1.82) is 0 Å². The Hall–Kier alpha value is -3.32. The fourth-order valence-corrected chi connectivity index (χ4v) is 5.50. The molecule has 5 nitrogen and oxygen atoms in total. The molecule has 190 valence electrons. The molecule has 0 bridgehead atoms. The number of amides is 1. The number of rotatable bonds is 8. The van der Waals surface area contributed by atoms with Gasteiger partial charge in [0.25, 0.3) is 5.91 Å². The molecule has 0 aliphatic heterocycles. The first-order chi connectivity index (χ1) is 17.6. The fourth-order valence-electron chi connectivity index (χ4n) is 4.12. The van der Waals surface area contributed by atoms with Gasteiger partial charge in [0, 0.05) is 21.2 Å². The molecule has 0 radical (unpaired) electrons. The molecule has 0 fully saturated rings. The topological polar surface area (TPSA) is 66.5 Å². The predicted octanol–water partition coefficient (Wildman–Crippen LogP) is 6.79. The monoisotopic (exact) mass is 552 g/mol. The molecular weight excluding hydrogens is 527 g/mol. The molecule has 1 atom stereocenters. The molecule has 4 aromatic rings. The molecule has 0 saturated carbocycles. The second kappa shape index (κ2) is 11.4. The smallest absolute Gasteiger partial charge is 0.252 e. The van der Waals surface area contributed by atoms with Gasteiger partial charge in [0.15, 0.2) is 0 Å². The minimum Gasteiger partial charge on any atom is -0.341 e. The Morgan fingerprint density at radius 1 is 0.838 bits per heavy atom. The van der Waals surface area contributed by atoms with Gasteiger partial charge in [0.05, 0.1) is 24.5 Å². The second-order valence-electron chi connectivity index (χ2n) is 8.69. The van der Waals surface area contributed by atoms with Crippen LogP contribution in [0.3, 0.4) is 0 Å². The van der Waals surface area contributed by atoms with Crippen LogP contribution in [0.2, 0.25) is 10.0 Å². The van der Waals surface area contributed by atoms with Gasteiger partial charge in [-0.3, -0.25) is 9.10 Å². The van der Waals surface area contributed by atoms with E-state index in [1.54, 1.807) is 42.5 Å². The van der Waals surface area contributed by atoms with Crippen molar-refractivity contribution in [2.75, 3.05) is 10.6 Å². The number of benzene rings is 4. The number of aryl methyl sites for hydroxylation is 1. The van der Waals surface area contributed by atoms with Crippen LogP contribution in [0.1, 0.15) is 38.7 Å². The number of anilines is 1. The lowest BCUT2D eigenvalue weighted by Crippen LogP contribution is -2.31. The van der Waals surface area contributed by atoms with E-state index < -0.39 is 10.0 Å². The van der Waals surface area contributed by atoms with Crippen molar-refractivity contribution in [1.82, 2.24) is 5.32 Å². The lowest BCUT2D eigenvalue weighted by Gasteiger charge is -2.24. The molecular formula is C29H26Cl2N2O3S. The summed E-state index contributed by atoms with van der Waals surface area (Å²) in [5.74, 6) is -0.274. The van der Waals surface area contributed by atoms with Crippen LogP contribution in [0.4, 0.5) is 5.69 Å². The van der Waals surface area contributed by atoms with Gasteiger partial charge in [0.1, 0.15) is 0 Å². The maximum absolute atomic E-state index is 13.3. The summed E-state index contributed by atoms with van der Waals surface area (Å²) in [7, 11) is -3.66. The van der Waals surface area contributed by atoms with Crippen LogP contribution in [0, 0.1) is 6.92 Å². The van der Waals surface area contributed by atoms with Crippen LogP contribution in [0.15, 0.2) is 97.1 Å². The molecule has 0 saturated heterocycles. The van der Waals surface area contributed by atoms with Crippen molar-refractivity contribution in [3.8, 4) is 0 Å². The summed E-state index contributed by atoms with van der Waals surface area (Å²) in [5.41, 5.74) is 4.33. The van der Waals surface area contributed by atoms with E-state index in [9.17, 15) is 13.2 Å². The highest BCUT2D eigenvalue weighted by Crippen LogP contribution is 2.30. The van der Waals surface area contributed by atoms with Gasteiger partial charge in [-0.2, -0.15) is 0 Å². The predicted molar refractivity (Wildman–Crippen MR) is 151 cm³/mol. The lowest BCUT2D eigenvalue weighted by atomic mass is 9.94. The number of carbonyl (C=O) groups excluding carboxylic acids is 1. The van der Waals surface area contributed by atoms with E-state index in [4.69, 9.17) is 23.2 Å². The molecule has 37 heavy (non-hydrogen) atoms. The van der Waals surface area contributed by atoms with Gasteiger partial charge >= 0.3 is 0 Å². The molecule has 0 aliphatic rings. The molecule has 1 N–H and O–H groups in total. The van der Waals surface area contributed by atoms with E-state index in [2.05, 4.69) is 5.32 Å². The zero-order valence-corrected chi connectivity index (χ0v) is 22.7. The first kappa shape index (κ1) is 26.7. The Balaban J connectivity index is 1.61. The van der Waals surface area contributed by atoms with Gasteiger partial charge in [-0.25, -0.2) is 8.42 Å². The van der Waals surface area contributed by atoms with Crippen LogP contribution in [0.25, 0.3) is 0 Å². The lowest BCUT2D eigenvalue weighted by molar-refractivity contribution is 0.0943. The summed E-state index contributed by atoms with van der Waals surface area (Å²) >= 11 is 12.6. The van der Waals surface area contributed by atoms with E-state index in [-0.39, 0.29) is 18.5 Å². The molecule has 4 aromatic carbocycles. The Morgan fingerprint density at radius 2 is 1.43 bits per heavy atom. The summed E-state index contributed by atoms with van der Waals surface area (Å²) in [6.45, 7) is 1.98. The molecule has 0 aromatic heterocycles. The highest BCUT2D eigenvalue weighted by atomic mass is 35.5. The number of carbonyl (C=O) groups is 1. The molecule has 8 heteroatoms. The van der Waals surface area contributed by atoms with Crippen molar-refractivity contribution < 1.29 is 13.2 Å². The summed E-state index contributed by atoms with van der Waals surface area (Å²) in [4.78, 5) is 13.3. The SMILES string of the molecule is Cc1ccccc1C(NC(=O)c1ccc(N(Cc2c(Cl)cccc2Cl)S(C)(=O)=O)cc1)c1ccccc1. The molecule has 1 amide bonds. The van der Waals surface area contributed by atoms with Crippen molar-refractivity contribution in [2.24, 2.45) is 0 Å². The maximum Gasteiger partial charge on any atom is 0.252 e. The quantitative estimate of drug-likeness (QED) is 0.261. The highest BCUT2D eigenvalue weighted by Gasteiger charge is 2.22. The van der Waals surface area contributed by atoms with Crippen LogP contribution < -0.4 is 9.62 Å².